The van der Waals surface area contributed by atoms with E-state index in [4.69, 9.17) is 16.3 Å². The molecule has 0 radical (unpaired) electrons. The van der Waals surface area contributed by atoms with Crippen LogP contribution in [0.3, 0.4) is 0 Å². The Morgan fingerprint density at radius 1 is 1.31 bits per heavy atom. The second-order valence-corrected chi connectivity index (χ2v) is 11.1. The number of fused-ring (bicyclic) bond motifs is 5. The van der Waals surface area contributed by atoms with Crippen LogP contribution in [0.15, 0.2) is 23.8 Å². The summed E-state index contributed by atoms with van der Waals surface area (Å²) in [6.07, 6.45) is 6.02. The summed E-state index contributed by atoms with van der Waals surface area (Å²) in [6.45, 7) is 5.06. The minimum atomic E-state index is -1.74. The van der Waals surface area contributed by atoms with Gasteiger partial charge in [-0.2, -0.15) is 0 Å². The van der Waals surface area contributed by atoms with Crippen molar-refractivity contribution in [2.24, 2.45) is 28.6 Å². The largest absolute Gasteiger partial charge is 0.453 e. The second-order valence-electron chi connectivity index (χ2n) is 10.5. The SMILES string of the molecule is C[C@H]1C[C@H]2[C@@H]3CCC4=CC(=O)C=C[C@]4(C)[C@@]3(Cl)[C@@H](O)C[C@]2(C)[C@@]1(O)C(=O)COC(=O)C[NH3+]. The van der Waals surface area contributed by atoms with E-state index in [2.05, 4.69) is 5.73 Å². The van der Waals surface area contributed by atoms with Crippen LogP contribution in [0.25, 0.3) is 0 Å². The molecular weight excluding hydrogens is 434 g/mol. The molecule has 0 saturated heterocycles. The molecule has 5 N–H and O–H groups in total. The number of allylic oxidation sites excluding steroid dienone is 4. The van der Waals surface area contributed by atoms with E-state index in [9.17, 15) is 24.6 Å². The molecule has 4 rings (SSSR count). The molecule has 4 aliphatic carbocycles. The third-order valence-electron chi connectivity index (χ3n) is 9.22. The lowest BCUT2D eigenvalue weighted by Crippen LogP contribution is -2.69. The highest BCUT2D eigenvalue weighted by Gasteiger charge is 2.74. The van der Waals surface area contributed by atoms with Gasteiger partial charge in [0, 0.05) is 10.8 Å². The molecule has 0 unspecified atom stereocenters. The Labute approximate surface area is 193 Å². The Kier molecular flexibility index (Phi) is 5.52. The number of rotatable bonds is 4. The Hall–Kier alpha value is -1.54. The van der Waals surface area contributed by atoms with Crippen LogP contribution in [0.1, 0.15) is 46.5 Å². The number of carbonyl (C=O) groups excluding carboxylic acids is 3. The molecule has 0 heterocycles. The van der Waals surface area contributed by atoms with Crippen molar-refractivity contribution in [3.05, 3.63) is 23.8 Å². The van der Waals surface area contributed by atoms with Crippen LogP contribution < -0.4 is 5.73 Å². The molecule has 8 heteroatoms. The minimum Gasteiger partial charge on any atom is -0.453 e. The summed E-state index contributed by atoms with van der Waals surface area (Å²) >= 11 is 7.36. The fraction of sp³-hybridized carbons (Fsp3) is 0.708. The highest BCUT2D eigenvalue weighted by atomic mass is 35.5. The van der Waals surface area contributed by atoms with Crippen LogP contribution >= 0.6 is 11.6 Å². The van der Waals surface area contributed by atoms with Crippen molar-refractivity contribution < 1.29 is 35.1 Å². The summed E-state index contributed by atoms with van der Waals surface area (Å²) in [5, 5.41) is 23.3. The number of hydrogen-bond donors (Lipinski definition) is 3. The average Bonchev–Trinajstić information content (AvgIpc) is 2.94. The molecule has 0 aromatic carbocycles. The third-order valence-corrected chi connectivity index (χ3v) is 10.1. The average molecular weight is 467 g/mol. The molecule has 0 amide bonds. The van der Waals surface area contributed by atoms with Crippen molar-refractivity contribution >= 4 is 29.1 Å². The Bertz CT molecular complexity index is 931. The maximum absolute atomic E-state index is 13.2. The molecule has 176 valence electrons. The Morgan fingerprint density at radius 3 is 2.66 bits per heavy atom. The monoisotopic (exact) mass is 466 g/mol. The molecule has 4 aliphatic rings. The smallest absolute Gasteiger partial charge is 0.361 e. The molecular formula is C24H33ClNO6+. The number of aliphatic hydroxyl groups is 2. The molecule has 8 atom stereocenters. The van der Waals surface area contributed by atoms with Gasteiger partial charge >= 0.3 is 5.97 Å². The van der Waals surface area contributed by atoms with E-state index in [1.807, 2.05) is 26.8 Å². The highest BCUT2D eigenvalue weighted by Crippen LogP contribution is 2.71. The zero-order chi connectivity index (χ0) is 23.7. The summed E-state index contributed by atoms with van der Waals surface area (Å²) in [4.78, 5) is 35.7. The van der Waals surface area contributed by atoms with Gasteiger partial charge in [0.2, 0.25) is 5.78 Å². The van der Waals surface area contributed by atoms with E-state index < -0.39 is 45.8 Å². The highest BCUT2D eigenvalue weighted by molar-refractivity contribution is 6.26. The van der Waals surface area contributed by atoms with Crippen molar-refractivity contribution in [3.63, 3.8) is 0 Å². The number of ether oxygens (including phenoxy) is 1. The lowest BCUT2D eigenvalue weighted by molar-refractivity contribution is -0.359. The summed E-state index contributed by atoms with van der Waals surface area (Å²) in [6, 6.07) is 0. The summed E-state index contributed by atoms with van der Waals surface area (Å²) in [5.41, 5.74) is 1.02. The van der Waals surface area contributed by atoms with Gasteiger partial charge in [-0.25, -0.2) is 4.79 Å². The van der Waals surface area contributed by atoms with Gasteiger partial charge < -0.3 is 20.7 Å². The van der Waals surface area contributed by atoms with E-state index in [1.165, 1.54) is 6.08 Å². The van der Waals surface area contributed by atoms with Gasteiger partial charge in [-0.15, -0.1) is 11.6 Å². The molecule has 0 spiro atoms. The number of aliphatic hydroxyl groups excluding tert-OH is 1. The number of quaternary nitrogens is 1. The fourth-order valence-corrected chi connectivity index (χ4v) is 7.99. The first-order valence-electron chi connectivity index (χ1n) is 11.4. The van der Waals surface area contributed by atoms with E-state index in [0.717, 1.165) is 5.57 Å². The first-order chi connectivity index (χ1) is 14.9. The Balaban J connectivity index is 1.73. The van der Waals surface area contributed by atoms with Gasteiger partial charge in [0.25, 0.3) is 0 Å². The summed E-state index contributed by atoms with van der Waals surface area (Å²) in [5.74, 6) is -1.88. The van der Waals surface area contributed by atoms with Crippen molar-refractivity contribution in [1.82, 2.24) is 0 Å². The number of Topliss-reactive ketones (excluding diaryl/α,β-unsaturated/α-hetero) is 1. The topological polar surface area (TPSA) is 129 Å². The quantitative estimate of drug-likeness (QED) is 0.418. The zero-order valence-corrected chi connectivity index (χ0v) is 19.7. The second kappa shape index (κ2) is 7.49. The van der Waals surface area contributed by atoms with Crippen molar-refractivity contribution in [2.45, 2.75) is 63.0 Å². The van der Waals surface area contributed by atoms with Gasteiger partial charge in [-0.1, -0.05) is 32.4 Å². The van der Waals surface area contributed by atoms with Gasteiger partial charge in [-0.05, 0) is 55.6 Å². The van der Waals surface area contributed by atoms with E-state index in [-0.39, 0.29) is 36.5 Å². The molecule has 32 heavy (non-hydrogen) atoms. The van der Waals surface area contributed by atoms with Gasteiger partial charge in [0.1, 0.15) is 5.60 Å². The number of carbonyl (C=O) groups is 3. The first-order valence-corrected chi connectivity index (χ1v) is 11.8. The summed E-state index contributed by atoms with van der Waals surface area (Å²) in [7, 11) is 0. The molecule has 0 aromatic rings. The standard InChI is InChI=1S/C24H32ClNO6/c1-13-8-17-16-5-4-14-9-15(27)6-7-21(14,2)23(16,25)18(28)10-22(17,3)24(13,31)19(29)12-32-20(30)11-26/h6-7,9,13,16-18,28,31H,4-5,8,10-12,26H2,1-3H3/p+1/t13-,16-,17-,18-,21-,22-,23-,24-/m0/s1. The minimum absolute atomic E-state index is 0.0717. The first kappa shape index (κ1) is 23.6. The maximum Gasteiger partial charge on any atom is 0.361 e. The van der Waals surface area contributed by atoms with Crippen LogP contribution in [0, 0.1) is 28.6 Å². The van der Waals surface area contributed by atoms with Crippen molar-refractivity contribution in [3.8, 4) is 0 Å². The lowest BCUT2D eigenvalue weighted by Gasteiger charge is -2.63. The van der Waals surface area contributed by atoms with Crippen molar-refractivity contribution in [1.29, 1.82) is 0 Å². The number of halogens is 1. The van der Waals surface area contributed by atoms with E-state index >= 15 is 0 Å². The molecule has 0 aromatic heterocycles. The normalized spacial score (nSPS) is 47.2. The lowest BCUT2D eigenvalue weighted by atomic mass is 9.45. The van der Waals surface area contributed by atoms with Crippen molar-refractivity contribution in [2.75, 3.05) is 13.2 Å². The third kappa shape index (κ3) is 2.81. The number of hydrogen-bond acceptors (Lipinski definition) is 6. The molecule has 7 nitrogen and oxygen atoms in total. The Morgan fingerprint density at radius 2 is 2.00 bits per heavy atom. The van der Waals surface area contributed by atoms with Crippen LogP contribution in [-0.4, -0.2) is 57.5 Å². The number of esters is 1. The molecule has 3 fully saturated rings. The number of ketones is 2. The van der Waals surface area contributed by atoms with E-state index in [1.54, 1.807) is 6.08 Å². The van der Waals surface area contributed by atoms with Crippen LogP contribution in [0.5, 0.6) is 0 Å². The molecule has 3 saturated carbocycles. The van der Waals surface area contributed by atoms with Gasteiger partial charge in [0.15, 0.2) is 18.9 Å². The van der Waals surface area contributed by atoms with Gasteiger partial charge in [-0.3, -0.25) is 9.59 Å². The predicted octanol–water partition coefficient (Wildman–Crippen LogP) is 0.958. The maximum atomic E-state index is 13.2. The molecule has 0 bridgehead atoms. The zero-order valence-electron chi connectivity index (χ0n) is 18.9. The van der Waals surface area contributed by atoms with E-state index in [0.29, 0.717) is 19.3 Å². The molecule has 0 aliphatic heterocycles. The fourth-order valence-electron chi connectivity index (χ4n) is 7.47. The number of alkyl halides is 1. The van der Waals surface area contributed by atoms with Crippen LogP contribution in [-0.2, 0) is 19.1 Å². The van der Waals surface area contributed by atoms with Gasteiger partial charge in [0.05, 0.1) is 11.0 Å². The van der Waals surface area contributed by atoms with Crippen LogP contribution in [0.4, 0.5) is 0 Å². The predicted molar refractivity (Wildman–Crippen MR) is 116 cm³/mol. The van der Waals surface area contributed by atoms with Crippen LogP contribution in [0.2, 0.25) is 0 Å². The summed E-state index contributed by atoms with van der Waals surface area (Å²) < 4.78 is 5.01.